The first-order chi connectivity index (χ1) is 6.55. The molecule has 0 aliphatic rings. The van der Waals surface area contributed by atoms with Gasteiger partial charge in [0.05, 0.1) is 0 Å². The zero-order valence-corrected chi connectivity index (χ0v) is 9.67. The smallest absolute Gasteiger partial charge is 0.108 e. The maximum absolute atomic E-state index is 4.35. The molecule has 3 heteroatoms. The number of hydrogen-bond donors (Lipinski definition) is 1. The number of hydrogen-bond acceptors (Lipinski definition) is 2. The van der Waals surface area contributed by atoms with Crippen molar-refractivity contribution in [2.24, 2.45) is 12.5 Å². The molecule has 0 amide bonds. The molecule has 0 radical (unpaired) electrons. The highest BCUT2D eigenvalue weighted by Gasteiger charge is 2.19. The van der Waals surface area contributed by atoms with Gasteiger partial charge in [-0.2, -0.15) is 0 Å². The molecule has 14 heavy (non-hydrogen) atoms. The molecule has 0 unspecified atom stereocenters. The Balaban J connectivity index is 2.54. The molecule has 3 nitrogen and oxygen atoms in total. The van der Waals surface area contributed by atoms with Gasteiger partial charge < -0.3 is 9.88 Å². The Kier molecular flexibility index (Phi) is 3.69. The van der Waals surface area contributed by atoms with Crippen molar-refractivity contribution in [3.8, 4) is 0 Å². The molecule has 0 saturated carbocycles. The maximum Gasteiger partial charge on any atom is 0.108 e. The quantitative estimate of drug-likeness (QED) is 0.773. The zero-order chi connectivity index (χ0) is 10.6. The summed E-state index contributed by atoms with van der Waals surface area (Å²) >= 11 is 0. The van der Waals surface area contributed by atoms with Crippen LogP contribution in [0.5, 0.6) is 0 Å². The van der Waals surface area contributed by atoms with E-state index >= 15 is 0 Å². The molecule has 0 aromatic carbocycles. The minimum atomic E-state index is 0.322. The Morgan fingerprint density at radius 1 is 1.50 bits per heavy atom. The summed E-state index contributed by atoms with van der Waals surface area (Å²) in [5.74, 6) is 1.17. The molecule has 0 fully saturated rings. The third-order valence-corrected chi connectivity index (χ3v) is 2.61. The highest BCUT2D eigenvalue weighted by molar-refractivity contribution is 4.95. The van der Waals surface area contributed by atoms with E-state index in [-0.39, 0.29) is 0 Å². The largest absolute Gasteiger partial charge is 0.338 e. The van der Waals surface area contributed by atoms with Crippen LogP contribution in [0.4, 0.5) is 0 Å². The topological polar surface area (TPSA) is 29.9 Å². The Bertz CT molecular complexity index is 276. The van der Waals surface area contributed by atoms with E-state index in [1.807, 2.05) is 19.4 Å². The molecule has 1 aromatic rings. The van der Waals surface area contributed by atoms with Crippen LogP contribution in [0.1, 0.15) is 26.1 Å². The lowest BCUT2D eigenvalue weighted by atomic mass is 9.85. The van der Waals surface area contributed by atoms with Gasteiger partial charge >= 0.3 is 0 Å². The van der Waals surface area contributed by atoms with Crippen LogP contribution in [0.15, 0.2) is 12.4 Å². The number of nitrogens with zero attached hydrogens (tertiary/aromatic N) is 2. The fraction of sp³-hybridized carbons (Fsp3) is 0.727. The predicted molar refractivity (Wildman–Crippen MR) is 59.2 cm³/mol. The van der Waals surface area contributed by atoms with Crippen molar-refractivity contribution in [3.05, 3.63) is 18.2 Å². The van der Waals surface area contributed by atoms with Crippen molar-refractivity contribution in [2.75, 3.05) is 13.6 Å². The summed E-state index contributed by atoms with van der Waals surface area (Å²) in [6.07, 6.45) is 6.08. The normalized spacial score (nSPS) is 12.0. The summed E-state index contributed by atoms with van der Waals surface area (Å²) in [6, 6.07) is 0. The van der Waals surface area contributed by atoms with Gasteiger partial charge in [-0.3, -0.25) is 0 Å². The molecule has 1 N–H and O–H groups in total. The molecule has 1 heterocycles. The Morgan fingerprint density at radius 2 is 2.21 bits per heavy atom. The molecule has 0 spiro atoms. The summed E-state index contributed by atoms with van der Waals surface area (Å²) in [6.45, 7) is 5.65. The van der Waals surface area contributed by atoms with E-state index in [9.17, 15) is 0 Å². The van der Waals surface area contributed by atoms with Gasteiger partial charge in [0.2, 0.25) is 0 Å². The molecular formula is C11H21N3. The number of nitrogens with one attached hydrogen (secondary N) is 1. The third-order valence-electron chi connectivity index (χ3n) is 2.61. The lowest BCUT2D eigenvalue weighted by Crippen LogP contribution is -2.23. The predicted octanol–water partition coefficient (Wildman–Crippen LogP) is 1.60. The number of aromatic nitrogens is 2. The fourth-order valence-electron chi connectivity index (χ4n) is 1.55. The second kappa shape index (κ2) is 4.60. The second-order valence-electron chi connectivity index (χ2n) is 4.65. The zero-order valence-electron chi connectivity index (χ0n) is 9.67. The van der Waals surface area contributed by atoms with Crippen molar-refractivity contribution in [1.29, 1.82) is 0 Å². The first kappa shape index (κ1) is 11.2. The summed E-state index contributed by atoms with van der Waals surface area (Å²) in [4.78, 5) is 4.35. The van der Waals surface area contributed by atoms with E-state index in [2.05, 4.69) is 35.8 Å². The van der Waals surface area contributed by atoms with E-state index in [1.54, 1.807) is 0 Å². The van der Waals surface area contributed by atoms with Crippen molar-refractivity contribution < 1.29 is 0 Å². The lowest BCUT2D eigenvalue weighted by molar-refractivity contribution is 0.319. The Labute approximate surface area is 86.5 Å². The summed E-state index contributed by atoms with van der Waals surface area (Å²) in [7, 11) is 4.05. The summed E-state index contributed by atoms with van der Waals surface area (Å²) in [5.41, 5.74) is 0.322. The van der Waals surface area contributed by atoms with E-state index in [1.165, 1.54) is 12.2 Å². The minimum Gasteiger partial charge on any atom is -0.338 e. The van der Waals surface area contributed by atoms with Crippen LogP contribution >= 0.6 is 0 Å². The van der Waals surface area contributed by atoms with Crippen LogP contribution in [-0.2, 0) is 13.5 Å². The average Bonchev–Trinajstić information content (AvgIpc) is 2.48. The SMILES string of the molecule is CNCCC(C)(C)Cc1nccn1C. The molecule has 0 saturated heterocycles. The van der Waals surface area contributed by atoms with Crippen molar-refractivity contribution in [3.63, 3.8) is 0 Å². The van der Waals surface area contributed by atoms with Crippen LogP contribution < -0.4 is 5.32 Å². The lowest BCUT2D eigenvalue weighted by Gasteiger charge is -2.23. The van der Waals surface area contributed by atoms with Crippen molar-refractivity contribution in [2.45, 2.75) is 26.7 Å². The van der Waals surface area contributed by atoms with Gasteiger partial charge in [0, 0.05) is 25.9 Å². The average molecular weight is 195 g/mol. The monoisotopic (exact) mass is 195 g/mol. The third kappa shape index (κ3) is 3.14. The molecule has 80 valence electrons. The molecule has 0 aliphatic carbocycles. The highest BCUT2D eigenvalue weighted by atomic mass is 15.0. The summed E-state index contributed by atoms with van der Waals surface area (Å²) < 4.78 is 2.10. The van der Waals surface area contributed by atoms with Gasteiger partial charge in [-0.05, 0) is 25.4 Å². The molecule has 0 atom stereocenters. The van der Waals surface area contributed by atoms with Crippen LogP contribution in [-0.4, -0.2) is 23.1 Å². The molecule has 0 aliphatic heterocycles. The van der Waals surface area contributed by atoms with Gasteiger partial charge in [0.1, 0.15) is 5.82 Å². The molecule has 1 aromatic heterocycles. The Hall–Kier alpha value is -0.830. The molecular weight excluding hydrogens is 174 g/mol. The molecule has 0 bridgehead atoms. The van der Waals surface area contributed by atoms with Gasteiger partial charge in [-0.25, -0.2) is 4.98 Å². The van der Waals surface area contributed by atoms with Crippen molar-refractivity contribution >= 4 is 0 Å². The number of aryl methyl sites for hydroxylation is 1. The van der Waals surface area contributed by atoms with Gasteiger partial charge in [0.25, 0.3) is 0 Å². The maximum atomic E-state index is 4.35. The van der Waals surface area contributed by atoms with Crippen molar-refractivity contribution in [1.82, 2.24) is 14.9 Å². The van der Waals surface area contributed by atoms with E-state index in [0.717, 1.165) is 13.0 Å². The number of rotatable bonds is 5. The molecule has 1 rings (SSSR count). The van der Waals surface area contributed by atoms with Crippen LogP contribution in [0.25, 0.3) is 0 Å². The minimum absolute atomic E-state index is 0.322. The van der Waals surface area contributed by atoms with Gasteiger partial charge in [-0.1, -0.05) is 13.8 Å². The van der Waals surface area contributed by atoms with Gasteiger partial charge in [-0.15, -0.1) is 0 Å². The Morgan fingerprint density at radius 3 is 2.71 bits per heavy atom. The standard InChI is InChI=1S/C11H21N3/c1-11(2,5-6-12-3)9-10-13-7-8-14(10)4/h7-8,12H,5-6,9H2,1-4H3. The van der Waals surface area contributed by atoms with Crippen LogP contribution in [0, 0.1) is 5.41 Å². The second-order valence-corrected chi connectivity index (χ2v) is 4.65. The summed E-state index contributed by atoms with van der Waals surface area (Å²) in [5, 5.41) is 3.19. The number of imidazole rings is 1. The van der Waals surface area contributed by atoms with Crippen LogP contribution in [0.2, 0.25) is 0 Å². The fourth-order valence-corrected chi connectivity index (χ4v) is 1.55. The van der Waals surface area contributed by atoms with E-state index in [0.29, 0.717) is 5.41 Å². The first-order valence-electron chi connectivity index (χ1n) is 5.16. The van der Waals surface area contributed by atoms with Gasteiger partial charge in [0.15, 0.2) is 0 Å². The highest BCUT2D eigenvalue weighted by Crippen LogP contribution is 2.24. The van der Waals surface area contributed by atoms with Crippen LogP contribution in [0.3, 0.4) is 0 Å². The van der Waals surface area contributed by atoms with E-state index in [4.69, 9.17) is 0 Å². The van der Waals surface area contributed by atoms with E-state index < -0.39 is 0 Å². The first-order valence-corrected chi connectivity index (χ1v) is 5.16.